The summed E-state index contributed by atoms with van der Waals surface area (Å²) < 4.78 is 25.8. The minimum atomic E-state index is -1.86. The number of hydrogen-bond donors (Lipinski definition) is 2. The zero-order chi connectivity index (χ0) is 10.0. The molecule has 1 aliphatic rings. The standard InChI is InChI=1S/C8H8BF2O2.Re/c1-5-2-7(10)3-6(9(12)13)4-8(5)11;/h2-4,12-13H,1H3;/q-1;. The van der Waals surface area contributed by atoms with Crippen LogP contribution in [0.25, 0.3) is 0 Å². The summed E-state index contributed by atoms with van der Waals surface area (Å²) in [6.45, 7) is 1.39. The molecule has 77 valence electrons. The summed E-state index contributed by atoms with van der Waals surface area (Å²) in [6.07, 6.45) is 2.76. The first-order chi connectivity index (χ1) is 6.00. The molecule has 0 unspecified atom stereocenters. The number of rotatable bonds is 1. The van der Waals surface area contributed by atoms with E-state index in [-0.39, 0.29) is 31.8 Å². The van der Waals surface area contributed by atoms with Crippen LogP contribution >= 0.6 is 0 Å². The monoisotopic (exact) mass is 372 g/mol. The third kappa shape index (κ3) is 3.39. The Morgan fingerprint density at radius 3 is 2.36 bits per heavy atom. The van der Waals surface area contributed by atoms with Gasteiger partial charge < -0.3 is 10.0 Å². The van der Waals surface area contributed by atoms with Crippen molar-refractivity contribution >= 4 is 7.12 Å². The quantitative estimate of drug-likeness (QED) is 0.538. The molecule has 1 aliphatic carbocycles. The van der Waals surface area contributed by atoms with E-state index in [0.29, 0.717) is 0 Å². The number of halogens is 2. The predicted molar refractivity (Wildman–Crippen MR) is 45.6 cm³/mol. The van der Waals surface area contributed by atoms with E-state index >= 15 is 0 Å². The zero-order valence-corrected chi connectivity index (χ0v) is 10.1. The molecule has 2 nitrogen and oxygen atoms in total. The molecule has 0 bridgehead atoms. The second-order valence-corrected chi connectivity index (χ2v) is 2.72. The van der Waals surface area contributed by atoms with Gasteiger partial charge in [-0.2, -0.15) is 0 Å². The van der Waals surface area contributed by atoms with Crippen LogP contribution in [0.1, 0.15) is 6.92 Å². The van der Waals surface area contributed by atoms with Crippen LogP contribution in [0.4, 0.5) is 8.78 Å². The van der Waals surface area contributed by atoms with E-state index in [2.05, 4.69) is 0 Å². The van der Waals surface area contributed by atoms with Crippen molar-refractivity contribution in [3.05, 3.63) is 41.3 Å². The van der Waals surface area contributed by atoms with Gasteiger partial charge in [0.2, 0.25) is 0 Å². The summed E-state index contributed by atoms with van der Waals surface area (Å²) >= 11 is 0. The summed E-state index contributed by atoms with van der Waals surface area (Å²) in [4.78, 5) is 0. The molecule has 0 spiro atoms. The van der Waals surface area contributed by atoms with Crippen LogP contribution in [0.3, 0.4) is 0 Å². The fourth-order valence-corrected chi connectivity index (χ4v) is 0.928. The summed E-state index contributed by atoms with van der Waals surface area (Å²) in [5.41, 5.74) is -0.205. The molecule has 0 aromatic carbocycles. The molecule has 1 radical (unpaired) electrons. The van der Waals surface area contributed by atoms with Crippen molar-refractivity contribution in [3.63, 3.8) is 0 Å². The molecule has 6 heteroatoms. The molecule has 0 fully saturated rings. The maximum atomic E-state index is 13.0. The van der Waals surface area contributed by atoms with E-state index in [9.17, 15) is 8.78 Å². The Morgan fingerprint density at radius 2 is 1.86 bits per heavy atom. The molecule has 1 rings (SSSR count). The first-order valence-electron chi connectivity index (χ1n) is 3.67. The van der Waals surface area contributed by atoms with Crippen LogP contribution in [0.5, 0.6) is 0 Å². The topological polar surface area (TPSA) is 40.5 Å². The van der Waals surface area contributed by atoms with Crippen LogP contribution in [-0.4, -0.2) is 17.2 Å². The summed E-state index contributed by atoms with van der Waals surface area (Å²) in [7, 11) is -1.86. The molecular formula is C8H8BF2O2Re-. The number of hydrogen-bond acceptors (Lipinski definition) is 2. The maximum absolute atomic E-state index is 13.0. The fourth-order valence-electron chi connectivity index (χ4n) is 0.928. The van der Waals surface area contributed by atoms with E-state index in [1.165, 1.54) is 6.92 Å². The molecule has 0 aromatic heterocycles. The molecule has 0 saturated carbocycles. The second kappa shape index (κ2) is 5.47. The molecule has 0 aliphatic heterocycles. The Labute approximate surface area is 94.8 Å². The summed E-state index contributed by atoms with van der Waals surface area (Å²) in [5.74, 6) is -1.26. The van der Waals surface area contributed by atoms with Crippen molar-refractivity contribution < 1.29 is 39.3 Å². The van der Waals surface area contributed by atoms with Crippen LogP contribution in [0, 0.1) is 5.92 Å². The van der Waals surface area contributed by atoms with Crippen LogP contribution in [-0.2, 0) is 20.4 Å². The predicted octanol–water partition coefficient (Wildman–Crippen LogP) is 1.24. The summed E-state index contributed by atoms with van der Waals surface area (Å²) in [5, 5.41) is 17.4. The van der Waals surface area contributed by atoms with E-state index in [1.54, 1.807) is 0 Å². The molecule has 0 amide bonds. The molecule has 0 heterocycles. The van der Waals surface area contributed by atoms with Crippen molar-refractivity contribution in [2.24, 2.45) is 0 Å². The van der Waals surface area contributed by atoms with Crippen molar-refractivity contribution in [2.45, 2.75) is 6.92 Å². The molecule has 14 heavy (non-hydrogen) atoms. The third-order valence-corrected chi connectivity index (χ3v) is 1.63. The van der Waals surface area contributed by atoms with Gasteiger partial charge in [0.15, 0.2) is 0 Å². The van der Waals surface area contributed by atoms with Crippen molar-refractivity contribution in [1.82, 2.24) is 0 Å². The zero-order valence-electron chi connectivity index (χ0n) is 7.34. The minimum absolute atomic E-state index is 0. The van der Waals surface area contributed by atoms with Gasteiger partial charge in [0.1, 0.15) is 0 Å². The maximum Gasteiger partial charge on any atom is 0.474 e. The van der Waals surface area contributed by atoms with Crippen LogP contribution in [0.2, 0.25) is 0 Å². The summed E-state index contributed by atoms with van der Waals surface area (Å²) in [6, 6.07) is 0. The largest absolute Gasteiger partial charge is 0.474 e. The normalized spacial score (nSPS) is 16.1. The van der Waals surface area contributed by atoms with Crippen LogP contribution < -0.4 is 0 Å². The average molecular weight is 371 g/mol. The van der Waals surface area contributed by atoms with Gasteiger partial charge in [-0.3, -0.25) is 4.39 Å². The molecule has 0 atom stereocenters. The second-order valence-electron chi connectivity index (χ2n) is 2.72. The van der Waals surface area contributed by atoms with Gasteiger partial charge >= 0.3 is 7.12 Å². The Balaban J connectivity index is 0.00000169. The third-order valence-electron chi connectivity index (χ3n) is 1.63. The smallest absolute Gasteiger partial charge is 0.424 e. The van der Waals surface area contributed by atoms with Crippen LogP contribution in [0.15, 0.2) is 35.4 Å². The number of allylic oxidation sites excluding steroid dienone is 6. The molecule has 0 saturated heterocycles. The van der Waals surface area contributed by atoms with E-state index in [1.807, 2.05) is 0 Å². The Hall–Kier alpha value is -0.403. The van der Waals surface area contributed by atoms with Gasteiger partial charge in [0.05, 0.1) is 0 Å². The first-order valence-corrected chi connectivity index (χ1v) is 3.67. The van der Waals surface area contributed by atoms with Gasteiger partial charge in [-0.15, -0.1) is 18.1 Å². The van der Waals surface area contributed by atoms with E-state index in [4.69, 9.17) is 10.0 Å². The van der Waals surface area contributed by atoms with Gasteiger partial charge in [-0.25, -0.2) is 4.39 Å². The average Bonchev–Trinajstić information content (AvgIpc) is 2.12. The Kier molecular flexibility index (Phi) is 5.31. The van der Waals surface area contributed by atoms with Gasteiger partial charge in [-0.05, 0) is 0 Å². The van der Waals surface area contributed by atoms with E-state index < -0.39 is 18.8 Å². The van der Waals surface area contributed by atoms with Crippen molar-refractivity contribution in [1.29, 1.82) is 0 Å². The molecule has 0 aromatic rings. The van der Waals surface area contributed by atoms with E-state index in [0.717, 1.165) is 18.2 Å². The molecule has 2 N–H and O–H groups in total. The van der Waals surface area contributed by atoms with Crippen molar-refractivity contribution in [2.75, 3.05) is 0 Å². The Bertz CT molecular complexity index is 300. The SMILES string of the molecule is C[C-]1C=C(F)C=C(B(O)O)C=C1F.[Re]. The minimum Gasteiger partial charge on any atom is -0.424 e. The Morgan fingerprint density at radius 1 is 1.29 bits per heavy atom. The van der Waals surface area contributed by atoms with Gasteiger partial charge in [0.25, 0.3) is 0 Å². The first kappa shape index (κ1) is 13.6. The van der Waals surface area contributed by atoms with Gasteiger partial charge in [0, 0.05) is 32.1 Å². The molecular weight excluding hydrogens is 363 g/mol. The fraction of sp³-hybridized carbons (Fsp3) is 0.125. The van der Waals surface area contributed by atoms with Gasteiger partial charge in [-0.1, -0.05) is 18.5 Å². The van der Waals surface area contributed by atoms with Crippen molar-refractivity contribution in [3.8, 4) is 0 Å².